The normalized spacial score (nSPS) is 11.3. The van der Waals surface area contributed by atoms with Crippen molar-refractivity contribution in [2.24, 2.45) is 0 Å². The summed E-state index contributed by atoms with van der Waals surface area (Å²) < 4.78 is 10.2. The van der Waals surface area contributed by atoms with Gasteiger partial charge in [-0.2, -0.15) is 0 Å². The van der Waals surface area contributed by atoms with Crippen molar-refractivity contribution in [2.75, 3.05) is 0 Å². The third kappa shape index (κ3) is 2.97. The van der Waals surface area contributed by atoms with Crippen molar-refractivity contribution in [3.8, 4) is 11.3 Å². The average molecular weight is 245 g/mol. The lowest BCUT2D eigenvalue weighted by molar-refractivity contribution is 0.00277. The predicted molar refractivity (Wildman–Crippen MR) is 67.1 cm³/mol. The molecule has 0 fully saturated rings. The molecule has 4 heteroatoms. The Labute approximate surface area is 106 Å². The lowest BCUT2D eigenvalue weighted by Gasteiger charge is -2.17. The zero-order valence-electron chi connectivity index (χ0n) is 10.6. The average Bonchev–Trinajstić information content (AvgIpc) is 2.77. The quantitative estimate of drug-likeness (QED) is 0.762. The van der Waals surface area contributed by atoms with Gasteiger partial charge >= 0.3 is 5.97 Å². The minimum absolute atomic E-state index is 0.115. The number of rotatable bonds is 2. The molecule has 4 nitrogen and oxygen atoms in total. The summed E-state index contributed by atoms with van der Waals surface area (Å²) in [7, 11) is 0. The maximum absolute atomic E-state index is 11.7. The Morgan fingerprint density at radius 1 is 1.22 bits per heavy atom. The maximum atomic E-state index is 11.7. The van der Waals surface area contributed by atoms with Gasteiger partial charge in [0, 0.05) is 11.6 Å². The van der Waals surface area contributed by atoms with Crippen LogP contribution in [0.4, 0.5) is 0 Å². The van der Waals surface area contributed by atoms with Crippen LogP contribution in [-0.2, 0) is 4.74 Å². The Morgan fingerprint density at radius 3 is 2.50 bits per heavy atom. The van der Waals surface area contributed by atoms with E-state index < -0.39 is 11.6 Å². The van der Waals surface area contributed by atoms with Gasteiger partial charge in [-0.3, -0.25) is 0 Å². The lowest BCUT2D eigenvalue weighted by Crippen LogP contribution is -2.23. The van der Waals surface area contributed by atoms with Gasteiger partial charge in [0.25, 0.3) is 0 Å². The first kappa shape index (κ1) is 12.4. The zero-order chi connectivity index (χ0) is 13.2. The SMILES string of the molecule is CC(C)(C)OC(=O)c1cc(-c2ccccc2)no1. The molecule has 0 atom stereocenters. The summed E-state index contributed by atoms with van der Waals surface area (Å²) in [5.41, 5.74) is 0.976. The number of aromatic nitrogens is 1. The van der Waals surface area contributed by atoms with Crippen LogP contribution in [0, 0.1) is 0 Å². The van der Waals surface area contributed by atoms with Crippen LogP contribution in [0.1, 0.15) is 31.3 Å². The van der Waals surface area contributed by atoms with E-state index in [2.05, 4.69) is 5.16 Å². The van der Waals surface area contributed by atoms with Crippen LogP contribution in [0.3, 0.4) is 0 Å². The van der Waals surface area contributed by atoms with Gasteiger partial charge in [0.15, 0.2) is 0 Å². The number of esters is 1. The molecule has 0 amide bonds. The smallest absolute Gasteiger partial charge is 0.377 e. The molecule has 18 heavy (non-hydrogen) atoms. The third-order valence-corrected chi connectivity index (χ3v) is 2.18. The second-order valence-electron chi connectivity index (χ2n) is 4.94. The molecule has 2 aromatic rings. The predicted octanol–water partition coefficient (Wildman–Crippen LogP) is 3.30. The summed E-state index contributed by atoms with van der Waals surface area (Å²) in [6.45, 7) is 5.41. The maximum Gasteiger partial charge on any atom is 0.377 e. The molecular weight excluding hydrogens is 230 g/mol. The van der Waals surface area contributed by atoms with Gasteiger partial charge in [-0.1, -0.05) is 35.5 Å². The Balaban J connectivity index is 2.19. The first-order chi connectivity index (χ1) is 8.46. The number of carbonyl (C=O) groups excluding carboxylic acids is 1. The molecule has 94 valence electrons. The van der Waals surface area contributed by atoms with Crippen LogP contribution >= 0.6 is 0 Å². The molecule has 0 saturated heterocycles. The zero-order valence-corrected chi connectivity index (χ0v) is 10.6. The Hall–Kier alpha value is -2.10. The number of hydrogen-bond acceptors (Lipinski definition) is 4. The van der Waals surface area contributed by atoms with E-state index in [9.17, 15) is 4.79 Å². The molecule has 1 aromatic heterocycles. The lowest BCUT2D eigenvalue weighted by atomic mass is 10.1. The molecule has 0 N–H and O–H groups in total. The fourth-order valence-electron chi connectivity index (χ4n) is 1.44. The topological polar surface area (TPSA) is 52.3 Å². The highest BCUT2D eigenvalue weighted by atomic mass is 16.6. The van der Waals surface area contributed by atoms with E-state index in [0.29, 0.717) is 5.69 Å². The molecule has 1 aromatic carbocycles. The van der Waals surface area contributed by atoms with Crippen molar-refractivity contribution in [2.45, 2.75) is 26.4 Å². The van der Waals surface area contributed by atoms with Gasteiger partial charge in [-0.25, -0.2) is 4.79 Å². The molecule has 0 aliphatic rings. The third-order valence-electron chi connectivity index (χ3n) is 2.18. The van der Waals surface area contributed by atoms with Crippen LogP contribution in [0.25, 0.3) is 11.3 Å². The molecule has 0 radical (unpaired) electrons. The second-order valence-corrected chi connectivity index (χ2v) is 4.94. The van der Waals surface area contributed by atoms with Crippen molar-refractivity contribution < 1.29 is 14.1 Å². The van der Waals surface area contributed by atoms with Crippen molar-refractivity contribution >= 4 is 5.97 Å². The van der Waals surface area contributed by atoms with Gasteiger partial charge in [0.2, 0.25) is 5.76 Å². The van der Waals surface area contributed by atoms with E-state index >= 15 is 0 Å². The highest BCUT2D eigenvalue weighted by molar-refractivity contribution is 5.87. The number of benzene rings is 1. The van der Waals surface area contributed by atoms with Crippen molar-refractivity contribution in [1.29, 1.82) is 0 Å². The van der Waals surface area contributed by atoms with Gasteiger partial charge in [0.05, 0.1) is 0 Å². The van der Waals surface area contributed by atoms with E-state index in [-0.39, 0.29) is 5.76 Å². The van der Waals surface area contributed by atoms with Crippen LogP contribution < -0.4 is 0 Å². The van der Waals surface area contributed by atoms with E-state index in [0.717, 1.165) is 5.56 Å². The standard InChI is InChI=1S/C14H15NO3/c1-14(2,3)17-13(16)12-9-11(15-18-12)10-7-5-4-6-8-10/h4-9H,1-3H3. The number of nitrogens with zero attached hydrogens (tertiary/aromatic N) is 1. The summed E-state index contributed by atoms with van der Waals surface area (Å²) in [6.07, 6.45) is 0. The van der Waals surface area contributed by atoms with Crippen molar-refractivity contribution in [3.63, 3.8) is 0 Å². The highest BCUT2D eigenvalue weighted by Crippen LogP contribution is 2.20. The fourth-order valence-corrected chi connectivity index (χ4v) is 1.44. The molecule has 0 unspecified atom stereocenters. The van der Waals surface area contributed by atoms with E-state index in [1.165, 1.54) is 0 Å². The number of ether oxygens (including phenoxy) is 1. The summed E-state index contributed by atoms with van der Waals surface area (Å²) >= 11 is 0. The molecule has 0 bridgehead atoms. The Morgan fingerprint density at radius 2 is 1.89 bits per heavy atom. The fraction of sp³-hybridized carbons (Fsp3) is 0.286. The van der Waals surface area contributed by atoms with E-state index in [1.54, 1.807) is 26.8 Å². The van der Waals surface area contributed by atoms with Crippen LogP contribution in [0.5, 0.6) is 0 Å². The van der Waals surface area contributed by atoms with E-state index in [1.807, 2.05) is 30.3 Å². The number of carbonyl (C=O) groups is 1. The molecule has 0 aliphatic heterocycles. The first-order valence-corrected chi connectivity index (χ1v) is 5.71. The van der Waals surface area contributed by atoms with Crippen molar-refractivity contribution in [1.82, 2.24) is 5.16 Å². The Kier molecular flexibility index (Phi) is 3.19. The van der Waals surface area contributed by atoms with Gasteiger partial charge in [-0.05, 0) is 20.8 Å². The van der Waals surface area contributed by atoms with Gasteiger partial charge < -0.3 is 9.26 Å². The molecular formula is C14H15NO3. The molecule has 2 rings (SSSR count). The van der Waals surface area contributed by atoms with Crippen LogP contribution in [0.15, 0.2) is 40.9 Å². The summed E-state index contributed by atoms with van der Waals surface area (Å²) in [5.74, 6) is -0.388. The van der Waals surface area contributed by atoms with E-state index in [4.69, 9.17) is 9.26 Å². The Bertz CT molecular complexity index is 538. The molecule has 0 spiro atoms. The monoisotopic (exact) mass is 245 g/mol. The minimum atomic E-state index is -0.545. The van der Waals surface area contributed by atoms with Crippen molar-refractivity contribution in [3.05, 3.63) is 42.2 Å². The minimum Gasteiger partial charge on any atom is -0.454 e. The second kappa shape index (κ2) is 4.64. The van der Waals surface area contributed by atoms with Crippen LogP contribution in [-0.4, -0.2) is 16.7 Å². The van der Waals surface area contributed by atoms with Gasteiger partial charge in [-0.15, -0.1) is 0 Å². The molecule has 0 saturated carbocycles. The van der Waals surface area contributed by atoms with Crippen LogP contribution in [0.2, 0.25) is 0 Å². The summed E-state index contributed by atoms with van der Waals surface area (Å²) in [6, 6.07) is 11.1. The molecule has 1 heterocycles. The summed E-state index contributed by atoms with van der Waals surface area (Å²) in [5, 5.41) is 3.86. The largest absolute Gasteiger partial charge is 0.454 e. The number of hydrogen-bond donors (Lipinski definition) is 0. The molecule has 0 aliphatic carbocycles. The summed E-state index contributed by atoms with van der Waals surface area (Å²) in [4.78, 5) is 11.7. The van der Waals surface area contributed by atoms with Gasteiger partial charge in [0.1, 0.15) is 11.3 Å². The highest BCUT2D eigenvalue weighted by Gasteiger charge is 2.21. The first-order valence-electron chi connectivity index (χ1n) is 5.71.